The summed E-state index contributed by atoms with van der Waals surface area (Å²) in [4.78, 5) is 19.7. The average molecular weight is 395 g/mol. The summed E-state index contributed by atoms with van der Waals surface area (Å²) in [5.74, 6) is 2.66. The number of aromatic nitrogens is 1. The van der Waals surface area contributed by atoms with Gasteiger partial charge in [-0.3, -0.25) is 4.79 Å². The molecule has 2 heterocycles. The Morgan fingerprint density at radius 2 is 1.67 bits per heavy atom. The summed E-state index contributed by atoms with van der Waals surface area (Å²) in [6, 6.07) is 12.2. The van der Waals surface area contributed by atoms with Gasteiger partial charge in [0.15, 0.2) is 0 Å². The number of hydrogen-bond acceptors (Lipinski definition) is 4. The monoisotopic (exact) mass is 394 g/mol. The van der Waals surface area contributed by atoms with E-state index in [2.05, 4.69) is 17.4 Å². The molecule has 4 aliphatic rings. The SMILES string of the molecule is O=C(NC12CC3CC(CC(C3)C1)C2)c1ccc(-c2nc3ccccc3s2)s1. The molecule has 1 N–H and O–H groups in total. The van der Waals surface area contributed by atoms with Crippen LogP contribution in [0.2, 0.25) is 0 Å². The van der Waals surface area contributed by atoms with Crippen LogP contribution < -0.4 is 5.32 Å². The third kappa shape index (κ3) is 2.74. The Labute approximate surface area is 166 Å². The molecule has 4 bridgehead atoms. The van der Waals surface area contributed by atoms with Gasteiger partial charge in [-0.2, -0.15) is 0 Å². The zero-order chi connectivity index (χ0) is 18.0. The van der Waals surface area contributed by atoms with Crippen LogP contribution in [0.3, 0.4) is 0 Å². The number of benzene rings is 1. The highest BCUT2D eigenvalue weighted by Gasteiger charge is 2.51. The van der Waals surface area contributed by atoms with Crippen LogP contribution in [0, 0.1) is 17.8 Å². The number of amides is 1. The fraction of sp³-hybridized carbons (Fsp3) is 0.455. The van der Waals surface area contributed by atoms with Crippen molar-refractivity contribution in [3.05, 3.63) is 41.3 Å². The molecule has 4 saturated carbocycles. The van der Waals surface area contributed by atoms with Crippen LogP contribution in [0.5, 0.6) is 0 Å². The Morgan fingerprint density at radius 3 is 2.37 bits per heavy atom. The first-order chi connectivity index (χ1) is 13.2. The van der Waals surface area contributed by atoms with Gasteiger partial charge in [0, 0.05) is 5.54 Å². The first-order valence-electron chi connectivity index (χ1n) is 9.94. The molecule has 1 aromatic carbocycles. The largest absolute Gasteiger partial charge is 0.346 e. The van der Waals surface area contributed by atoms with E-state index in [1.54, 1.807) is 22.7 Å². The van der Waals surface area contributed by atoms with E-state index in [4.69, 9.17) is 4.98 Å². The number of carbonyl (C=O) groups excluding carboxylic acids is 1. The number of fused-ring (bicyclic) bond motifs is 1. The van der Waals surface area contributed by atoms with Crippen molar-refractivity contribution >= 4 is 38.8 Å². The van der Waals surface area contributed by atoms with Gasteiger partial charge >= 0.3 is 0 Å². The lowest BCUT2D eigenvalue weighted by molar-refractivity contribution is -0.0166. The lowest BCUT2D eigenvalue weighted by atomic mass is 9.53. The maximum Gasteiger partial charge on any atom is 0.261 e. The van der Waals surface area contributed by atoms with Gasteiger partial charge < -0.3 is 5.32 Å². The number of carbonyl (C=O) groups is 1. The number of rotatable bonds is 3. The molecule has 0 spiro atoms. The van der Waals surface area contributed by atoms with E-state index in [1.807, 2.05) is 24.3 Å². The number of nitrogens with one attached hydrogen (secondary N) is 1. The summed E-state index contributed by atoms with van der Waals surface area (Å²) < 4.78 is 1.19. The quantitative estimate of drug-likeness (QED) is 0.617. The highest BCUT2D eigenvalue weighted by molar-refractivity contribution is 7.26. The summed E-state index contributed by atoms with van der Waals surface area (Å²) >= 11 is 3.27. The molecule has 3 aromatic rings. The normalized spacial score (nSPS) is 31.5. The summed E-state index contributed by atoms with van der Waals surface area (Å²) in [5, 5.41) is 4.50. The van der Waals surface area contributed by atoms with E-state index in [9.17, 15) is 4.79 Å². The number of para-hydroxylation sites is 1. The third-order valence-corrected chi connectivity index (χ3v) is 9.04. The molecule has 0 aliphatic heterocycles. The van der Waals surface area contributed by atoms with Crippen LogP contribution >= 0.6 is 22.7 Å². The second kappa shape index (κ2) is 5.89. The number of thiazole rings is 1. The Bertz CT molecular complexity index is 966. The van der Waals surface area contributed by atoms with E-state index < -0.39 is 0 Å². The smallest absolute Gasteiger partial charge is 0.261 e. The van der Waals surface area contributed by atoms with Gasteiger partial charge in [0.05, 0.1) is 20.0 Å². The van der Waals surface area contributed by atoms with Gasteiger partial charge in [-0.1, -0.05) is 12.1 Å². The van der Waals surface area contributed by atoms with Crippen molar-refractivity contribution in [3.8, 4) is 9.88 Å². The second-order valence-electron chi connectivity index (χ2n) is 8.80. The van der Waals surface area contributed by atoms with Gasteiger partial charge in [0.1, 0.15) is 5.01 Å². The van der Waals surface area contributed by atoms with Gasteiger partial charge in [-0.05, 0) is 80.5 Å². The highest BCUT2D eigenvalue weighted by Crippen LogP contribution is 2.55. The van der Waals surface area contributed by atoms with Gasteiger partial charge in [-0.25, -0.2) is 4.98 Å². The van der Waals surface area contributed by atoms with Crippen LogP contribution in [-0.4, -0.2) is 16.4 Å². The zero-order valence-electron chi connectivity index (χ0n) is 15.1. The molecule has 3 nitrogen and oxygen atoms in total. The molecular formula is C22H22N2OS2. The van der Waals surface area contributed by atoms with Crippen molar-refractivity contribution in [1.29, 1.82) is 0 Å². The maximum atomic E-state index is 13.0. The summed E-state index contributed by atoms with van der Waals surface area (Å²) in [5.41, 5.74) is 1.11. The third-order valence-electron chi connectivity index (χ3n) is 6.75. The minimum absolute atomic E-state index is 0.0752. The Morgan fingerprint density at radius 1 is 0.963 bits per heavy atom. The predicted molar refractivity (Wildman–Crippen MR) is 111 cm³/mol. The number of thiophene rings is 1. The molecule has 5 heteroatoms. The van der Waals surface area contributed by atoms with Crippen LogP contribution in [0.4, 0.5) is 0 Å². The summed E-state index contributed by atoms with van der Waals surface area (Å²) in [6.07, 6.45) is 7.78. The Kier molecular flexibility index (Phi) is 3.54. The topological polar surface area (TPSA) is 42.0 Å². The van der Waals surface area contributed by atoms with E-state index in [0.29, 0.717) is 0 Å². The Hall–Kier alpha value is -1.72. The van der Waals surface area contributed by atoms with Crippen molar-refractivity contribution in [3.63, 3.8) is 0 Å². The molecule has 4 aliphatic carbocycles. The summed E-state index contributed by atoms with van der Waals surface area (Å²) in [6.45, 7) is 0. The molecule has 4 fully saturated rings. The van der Waals surface area contributed by atoms with Crippen molar-refractivity contribution < 1.29 is 4.79 Å². The summed E-state index contributed by atoms with van der Waals surface area (Å²) in [7, 11) is 0. The van der Waals surface area contributed by atoms with Gasteiger partial charge in [0.25, 0.3) is 5.91 Å². The van der Waals surface area contributed by atoms with E-state index >= 15 is 0 Å². The Balaban J connectivity index is 1.24. The van der Waals surface area contributed by atoms with Crippen LogP contribution in [0.15, 0.2) is 36.4 Å². The van der Waals surface area contributed by atoms with Gasteiger partial charge in [-0.15, -0.1) is 22.7 Å². The lowest BCUT2D eigenvalue weighted by Crippen LogP contribution is -2.59. The zero-order valence-corrected chi connectivity index (χ0v) is 16.7. The van der Waals surface area contributed by atoms with Crippen LogP contribution in [0.1, 0.15) is 48.2 Å². The minimum atomic E-state index is 0.0752. The molecule has 0 saturated heterocycles. The molecular weight excluding hydrogens is 372 g/mol. The number of hydrogen-bond donors (Lipinski definition) is 1. The van der Waals surface area contributed by atoms with E-state index in [-0.39, 0.29) is 11.4 Å². The molecule has 138 valence electrons. The minimum Gasteiger partial charge on any atom is -0.346 e. The first kappa shape index (κ1) is 16.3. The standard InChI is InChI=1S/C22H22N2OS2/c25-20(24-22-10-13-7-14(11-22)9-15(8-13)12-22)18-5-6-19(26-18)21-23-16-3-1-2-4-17(16)27-21/h1-6,13-15H,7-12H2,(H,24,25). The van der Waals surface area contributed by atoms with Crippen molar-refractivity contribution in [1.82, 2.24) is 10.3 Å². The fourth-order valence-electron chi connectivity index (χ4n) is 6.12. The van der Waals surface area contributed by atoms with Crippen molar-refractivity contribution in [2.24, 2.45) is 17.8 Å². The van der Waals surface area contributed by atoms with Crippen molar-refractivity contribution in [2.75, 3.05) is 0 Å². The van der Waals surface area contributed by atoms with Crippen molar-refractivity contribution in [2.45, 2.75) is 44.1 Å². The first-order valence-corrected chi connectivity index (χ1v) is 11.6. The van der Waals surface area contributed by atoms with Crippen LogP contribution in [0.25, 0.3) is 20.1 Å². The fourth-order valence-corrected chi connectivity index (χ4v) is 8.04. The molecule has 27 heavy (non-hydrogen) atoms. The molecule has 0 unspecified atom stereocenters. The molecule has 1 amide bonds. The maximum absolute atomic E-state index is 13.0. The lowest BCUT2D eigenvalue weighted by Gasteiger charge is -2.56. The van der Waals surface area contributed by atoms with Gasteiger partial charge in [0.2, 0.25) is 0 Å². The molecule has 7 rings (SSSR count). The van der Waals surface area contributed by atoms with E-state index in [1.165, 1.54) is 43.2 Å². The molecule has 0 radical (unpaired) electrons. The van der Waals surface area contributed by atoms with Crippen LogP contribution in [-0.2, 0) is 0 Å². The van der Waals surface area contributed by atoms with E-state index in [0.717, 1.165) is 38.0 Å². The second-order valence-corrected chi connectivity index (χ2v) is 10.9. The highest BCUT2D eigenvalue weighted by atomic mass is 32.1. The predicted octanol–water partition coefficient (Wildman–Crippen LogP) is 5.72. The number of nitrogens with zero attached hydrogens (tertiary/aromatic N) is 1. The molecule has 2 aromatic heterocycles. The average Bonchev–Trinajstić information content (AvgIpc) is 3.27. The molecule has 0 atom stereocenters.